The molecule has 5 rings (SSSR count). The van der Waals surface area contributed by atoms with Gasteiger partial charge in [-0.15, -0.1) is 0 Å². The number of aryl methyl sites for hydroxylation is 3. The number of nitrogens with one attached hydrogen (secondary N) is 1. The monoisotopic (exact) mass is 671 g/mol. The Morgan fingerprint density at radius 1 is 0.851 bits per heavy atom. The molecule has 0 bridgehead atoms. The number of benzene rings is 4. The Kier molecular flexibility index (Phi) is 11.0. The molecule has 7 nitrogen and oxygen atoms in total. The van der Waals surface area contributed by atoms with Crippen molar-refractivity contribution in [3.8, 4) is 0 Å². The third-order valence-electron chi connectivity index (χ3n) is 8.78. The smallest absolute Gasteiger partial charge is 0.264 e. The quantitative estimate of drug-likeness (QED) is 0.173. The number of sulfonamides is 1. The average Bonchev–Trinajstić information content (AvgIpc) is 3.56. The van der Waals surface area contributed by atoms with Crippen molar-refractivity contribution in [1.82, 2.24) is 10.2 Å². The van der Waals surface area contributed by atoms with Crippen LogP contribution in [0.25, 0.3) is 0 Å². The first-order valence-corrected chi connectivity index (χ1v) is 17.9. The van der Waals surface area contributed by atoms with E-state index in [-0.39, 0.29) is 29.8 Å². The molecular weight excluding hydrogens is 630 g/mol. The molecule has 9 heteroatoms. The summed E-state index contributed by atoms with van der Waals surface area (Å²) >= 11 is 6.61. The first kappa shape index (κ1) is 34.2. The predicted octanol–water partition coefficient (Wildman–Crippen LogP) is 7.16. The summed E-state index contributed by atoms with van der Waals surface area (Å²) in [5.41, 5.74) is 4.55. The van der Waals surface area contributed by atoms with Gasteiger partial charge in [0.05, 0.1) is 10.6 Å². The maximum Gasteiger partial charge on any atom is 0.264 e. The van der Waals surface area contributed by atoms with Crippen LogP contribution in [0.15, 0.2) is 102 Å². The van der Waals surface area contributed by atoms with Crippen LogP contribution in [0, 0.1) is 20.8 Å². The van der Waals surface area contributed by atoms with Crippen molar-refractivity contribution in [2.75, 3.05) is 10.8 Å². The fraction of sp³-hybridized carbons (Fsp3) is 0.316. The summed E-state index contributed by atoms with van der Waals surface area (Å²) in [5, 5.41) is 3.66. The third kappa shape index (κ3) is 8.42. The molecule has 0 saturated heterocycles. The lowest BCUT2D eigenvalue weighted by atomic mass is 10.0. The zero-order valence-corrected chi connectivity index (χ0v) is 28.7. The summed E-state index contributed by atoms with van der Waals surface area (Å²) in [6.07, 6.45) is 4.11. The highest BCUT2D eigenvalue weighted by Gasteiger charge is 2.36. The van der Waals surface area contributed by atoms with E-state index >= 15 is 0 Å². The van der Waals surface area contributed by atoms with Gasteiger partial charge in [0, 0.05) is 24.0 Å². The molecule has 1 fully saturated rings. The van der Waals surface area contributed by atoms with Gasteiger partial charge >= 0.3 is 0 Å². The first-order chi connectivity index (χ1) is 22.5. The van der Waals surface area contributed by atoms with Crippen LogP contribution in [0.3, 0.4) is 0 Å². The van der Waals surface area contributed by atoms with Gasteiger partial charge in [-0.3, -0.25) is 13.9 Å². The number of hydrogen-bond donors (Lipinski definition) is 1. The van der Waals surface area contributed by atoms with Crippen LogP contribution in [0.5, 0.6) is 0 Å². The molecule has 1 aliphatic rings. The fourth-order valence-electron chi connectivity index (χ4n) is 6.17. The highest BCUT2D eigenvalue weighted by molar-refractivity contribution is 7.92. The normalized spacial score (nSPS) is 14.0. The van der Waals surface area contributed by atoms with Crippen LogP contribution in [-0.4, -0.2) is 43.8 Å². The Labute approximate surface area is 283 Å². The lowest BCUT2D eigenvalue weighted by Gasteiger charge is -2.35. The van der Waals surface area contributed by atoms with Crippen molar-refractivity contribution in [1.29, 1.82) is 0 Å². The molecule has 1 atom stereocenters. The maximum absolute atomic E-state index is 14.7. The topological polar surface area (TPSA) is 86.8 Å². The van der Waals surface area contributed by atoms with Gasteiger partial charge in [0.15, 0.2) is 0 Å². The highest BCUT2D eigenvalue weighted by Crippen LogP contribution is 2.29. The Bertz CT molecular complexity index is 1810. The number of rotatable bonds is 12. The largest absolute Gasteiger partial charge is 0.352 e. The average molecular weight is 672 g/mol. The molecule has 2 amide bonds. The van der Waals surface area contributed by atoms with Gasteiger partial charge in [-0.2, -0.15) is 0 Å². The molecule has 0 aromatic heterocycles. The number of anilines is 1. The molecule has 1 aliphatic carbocycles. The SMILES string of the molecule is Cc1ccc(S(=O)(=O)N(CC(=O)N(Cc2ccccc2Cl)[C@@H](Cc2ccccc2)C(=O)NC2CCCC2)c2ccc(C)cc2C)cc1. The second-order valence-electron chi connectivity index (χ2n) is 12.4. The highest BCUT2D eigenvalue weighted by atomic mass is 35.5. The van der Waals surface area contributed by atoms with Crippen molar-refractivity contribution in [2.24, 2.45) is 0 Å². The number of hydrogen-bond acceptors (Lipinski definition) is 4. The summed E-state index contributed by atoms with van der Waals surface area (Å²) in [4.78, 5) is 30.5. The molecule has 4 aromatic rings. The Morgan fingerprint density at radius 2 is 1.49 bits per heavy atom. The summed E-state index contributed by atoms with van der Waals surface area (Å²) in [6, 6.07) is 27.9. The molecule has 1 N–H and O–H groups in total. The summed E-state index contributed by atoms with van der Waals surface area (Å²) < 4.78 is 29.8. The van der Waals surface area contributed by atoms with Gasteiger partial charge < -0.3 is 10.2 Å². The minimum absolute atomic E-state index is 0.0272. The van der Waals surface area contributed by atoms with Crippen molar-refractivity contribution in [2.45, 2.75) is 76.4 Å². The third-order valence-corrected chi connectivity index (χ3v) is 10.9. The Balaban J connectivity index is 1.59. The molecule has 47 heavy (non-hydrogen) atoms. The van der Waals surface area contributed by atoms with Crippen molar-refractivity contribution >= 4 is 39.1 Å². The molecule has 246 valence electrons. The molecule has 0 aliphatic heterocycles. The van der Waals surface area contributed by atoms with Crippen LogP contribution in [0.2, 0.25) is 5.02 Å². The molecule has 0 radical (unpaired) electrons. The van der Waals surface area contributed by atoms with Gasteiger partial charge in [-0.1, -0.05) is 108 Å². The van der Waals surface area contributed by atoms with Crippen molar-refractivity contribution in [3.05, 3.63) is 130 Å². The zero-order valence-electron chi connectivity index (χ0n) is 27.2. The molecule has 4 aromatic carbocycles. The van der Waals surface area contributed by atoms with E-state index in [0.717, 1.165) is 42.4 Å². The lowest BCUT2D eigenvalue weighted by Crippen LogP contribution is -2.54. The van der Waals surface area contributed by atoms with Gasteiger partial charge in [-0.05, 0) is 74.6 Å². The van der Waals surface area contributed by atoms with E-state index in [1.54, 1.807) is 36.4 Å². The van der Waals surface area contributed by atoms with Crippen molar-refractivity contribution in [3.63, 3.8) is 0 Å². The van der Waals surface area contributed by atoms with Crippen LogP contribution >= 0.6 is 11.6 Å². The lowest BCUT2D eigenvalue weighted by molar-refractivity contribution is -0.140. The molecule has 1 saturated carbocycles. The standard InChI is InChI=1S/C38H42ClN3O4S/c1-27-17-20-33(21-18-27)47(45,46)42(35-22-19-28(2)23-29(35)3)26-37(43)41(25-31-13-7-10-16-34(31)39)36(24-30-11-5-4-6-12-30)38(44)40-32-14-8-9-15-32/h4-7,10-13,16-23,32,36H,8-9,14-15,24-26H2,1-3H3,(H,40,44)/t36-/m0/s1. The molecule has 0 spiro atoms. The van der Waals surface area contributed by atoms with E-state index in [2.05, 4.69) is 5.32 Å². The van der Waals surface area contributed by atoms with E-state index in [4.69, 9.17) is 11.6 Å². The van der Waals surface area contributed by atoms with E-state index in [9.17, 15) is 18.0 Å². The maximum atomic E-state index is 14.7. The van der Waals surface area contributed by atoms with E-state index in [1.165, 1.54) is 9.21 Å². The first-order valence-electron chi connectivity index (χ1n) is 16.1. The minimum atomic E-state index is -4.18. The number of carbonyl (C=O) groups is 2. The summed E-state index contributed by atoms with van der Waals surface area (Å²) in [5.74, 6) is -0.774. The van der Waals surface area contributed by atoms with Gasteiger partial charge in [0.2, 0.25) is 11.8 Å². The fourth-order valence-corrected chi connectivity index (χ4v) is 7.84. The number of nitrogens with zero attached hydrogens (tertiary/aromatic N) is 2. The van der Waals surface area contributed by atoms with Crippen LogP contribution in [0.4, 0.5) is 5.69 Å². The van der Waals surface area contributed by atoms with Crippen LogP contribution < -0.4 is 9.62 Å². The number of halogens is 1. The van der Waals surface area contributed by atoms with E-state index in [1.807, 2.05) is 81.4 Å². The predicted molar refractivity (Wildman–Crippen MR) is 188 cm³/mol. The second kappa shape index (κ2) is 15.2. The van der Waals surface area contributed by atoms with Gasteiger partial charge in [-0.25, -0.2) is 8.42 Å². The Hall–Kier alpha value is -4.14. The van der Waals surface area contributed by atoms with Crippen LogP contribution in [-0.2, 0) is 32.6 Å². The van der Waals surface area contributed by atoms with Gasteiger partial charge in [0.1, 0.15) is 12.6 Å². The van der Waals surface area contributed by atoms with Gasteiger partial charge in [0.25, 0.3) is 10.0 Å². The summed E-state index contributed by atoms with van der Waals surface area (Å²) in [6.45, 7) is 5.17. The van der Waals surface area contributed by atoms with Crippen molar-refractivity contribution < 1.29 is 18.0 Å². The minimum Gasteiger partial charge on any atom is -0.352 e. The number of carbonyl (C=O) groups excluding carboxylic acids is 2. The molecule has 0 unspecified atom stereocenters. The van der Waals surface area contributed by atoms with Crippen LogP contribution in [0.1, 0.15) is 53.5 Å². The second-order valence-corrected chi connectivity index (χ2v) is 14.7. The summed E-state index contributed by atoms with van der Waals surface area (Å²) in [7, 11) is -4.18. The molecule has 0 heterocycles. The number of amides is 2. The zero-order chi connectivity index (χ0) is 33.6. The van der Waals surface area contributed by atoms with E-state index in [0.29, 0.717) is 21.8 Å². The van der Waals surface area contributed by atoms with E-state index < -0.39 is 28.5 Å². The Morgan fingerprint density at radius 3 is 2.15 bits per heavy atom. The molecular formula is C38H42ClN3O4S.